The average Bonchev–Trinajstić information content (AvgIpc) is 3.31. The fourth-order valence-electron chi connectivity index (χ4n) is 9.17. The first-order valence-corrected chi connectivity index (χ1v) is 35.0. The van der Waals surface area contributed by atoms with E-state index in [1.807, 2.05) is 0 Å². The maximum Gasteiger partial charge on any atom is 0.501 e. The highest BCUT2D eigenvalue weighted by Gasteiger charge is 2.42. The molecule has 0 aliphatic rings. The van der Waals surface area contributed by atoms with Crippen molar-refractivity contribution in [3.63, 3.8) is 0 Å². The van der Waals surface area contributed by atoms with Crippen LogP contribution in [0.1, 0.15) is 174 Å². The molecule has 1 unspecified atom stereocenters. The maximum absolute atomic E-state index is 11.6. The SMILES string of the molecule is CCCCCCCCCCCCCCCCCC[N+](C)(CCCCCCCCCC)CCC[Si](OCCN(CCO)CCS(=O)(=O)[O-])(OCCN(CCO)CCS(=O)(=O)[O-])OCCN(CCO)CCS(=O)(=O)O. The Labute approximate surface area is 446 Å². The van der Waals surface area contributed by atoms with Crippen molar-refractivity contribution in [2.24, 2.45) is 0 Å². The van der Waals surface area contributed by atoms with Gasteiger partial charge in [-0.3, -0.25) is 19.3 Å². The number of hydrogen-bond acceptors (Lipinski definition) is 17. The Hall–Kier alpha value is -0.453. The summed E-state index contributed by atoms with van der Waals surface area (Å²) in [5.41, 5.74) is 0. The second-order valence-electron chi connectivity index (χ2n) is 20.4. The number of rotatable bonds is 57. The Morgan fingerprint density at radius 1 is 0.411 bits per heavy atom. The van der Waals surface area contributed by atoms with Gasteiger partial charge in [0.05, 0.1) is 104 Å². The zero-order chi connectivity index (χ0) is 54.6. The summed E-state index contributed by atoms with van der Waals surface area (Å²) in [5, 5.41) is 29.2. The molecule has 0 aliphatic carbocycles. The van der Waals surface area contributed by atoms with E-state index < -0.39 is 56.4 Å². The summed E-state index contributed by atoms with van der Waals surface area (Å²) >= 11 is 0. The number of aliphatic hydroxyl groups is 3. The summed E-state index contributed by atoms with van der Waals surface area (Å²) in [4.78, 5) is 4.81. The third-order valence-corrected chi connectivity index (χ3v) is 18.7. The first-order valence-electron chi connectivity index (χ1n) is 28.3. The van der Waals surface area contributed by atoms with Gasteiger partial charge in [-0.1, -0.05) is 142 Å². The van der Waals surface area contributed by atoms with Crippen molar-refractivity contribution in [1.29, 1.82) is 0 Å². The molecule has 0 spiro atoms. The van der Waals surface area contributed by atoms with Crippen LogP contribution in [-0.2, 0) is 43.6 Å². The van der Waals surface area contributed by atoms with Gasteiger partial charge in [0.2, 0.25) is 0 Å². The zero-order valence-corrected chi connectivity index (χ0v) is 49.5. The molecular weight excluding hydrogens is 1020 g/mol. The number of unbranched alkanes of at least 4 members (excludes halogenated alkanes) is 22. The quantitative estimate of drug-likeness (QED) is 0.0233. The zero-order valence-electron chi connectivity index (χ0n) is 46.0. The van der Waals surface area contributed by atoms with Gasteiger partial charge in [0, 0.05) is 71.4 Å². The minimum absolute atomic E-state index is 0.0230. The molecule has 0 saturated heterocycles. The highest BCUT2D eigenvalue weighted by molar-refractivity contribution is 7.86. The molecule has 0 aromatic rings. The van der Waals surface area contributed by atoms with Gasteiger partial charge in [0.15, 0.2) is 0 Å². The van der Waals surface area contributed by atoms with Crippen molar-refractivity contribution in [3.05, 3.63) is 0 Å². The second kappa shape index (κ2) is 45.4. The summed E-state index contributed by atoms with van der Waals surface area (Å²) in [6.07, 6.45) is 31.1. The molecular formula is C50H107N4O15S3Si-. The molecule has 440 valence electrons. The van der Waals surface area contributed by atoms with E-state index in [0.717, 1.165) is 49.8 Å². The van der Waals surface area contributed by atoms with Crippen molar-refractivity contribution >= 4 is 39.2 Å². The maximum atomic E-state index is 11.6. The lowest BCUT2D eigenvalue weighted by Gasteiger charge is -2.37. The number of hydrogen-bond donors (Lipinski definition) is 4. The first kappa shape index (κ1) is 72.5. The summed E-state index contributed by atoms with van der Waals surface area (Å²) in [6, 6.07) is 0.339. The van der Waals surface area contributed by atoms with Crippen molar-refractivity contribution in [2.45, 2.75) is 180 Å². The topological polar surface area (TPSA) is 267 Å². The van der Waals surface area contributed by atoms with Crippen LogP contribution in [0.5, 0.6) is 0 Å². The molecule has 73 heavy (non-hydrogen) atoms. The minimum Gasteiger partial charge on any atom is -0.748 e. The molecule has 0 fully saturated rings. The molecule has 19 nitrogen and oxygen atoms in total. The summed E-state index contributed by atoms with van der Waals surface area (Å²) in [6.45, 7) is 6.59. The van der Waals surface area contributed by atoms with Crippen LogP contribution in [0.4, 0.5) is 0 Å². The third kappa shape index (κ3) is 47.3. The molecule has 0 radical (unpaired) electrons. The van der Waals surface area contributed by atoms with Gasteiger partial charge in [-0.2, -0.15) is 8.42 Å². The van der Waals surface area contributed by atoms with E-state index in [-0.39, 0.29) is 98.5 Å². The van der Waals surface area contributed by atoms with Crippen LogP contribution in [0.25, 0.3) is 0 Å². The first-order chi connectivity index (χ1) is 34.7. The fraction of sp³-hybridized carbons (Fsp3) is 1.00. The minimum atomic E-state index is -4.54. The van der Waals surface area contributed by atoms with Gasteiger partial charge in [-0.25, -0.2) is 16.8 Å². The van der Waals surface area contributed by atoms with Gasteiger partial charge in [-0.15, -0.1) is 0 Å². The molecule has 23 heteroatoms. The van der Waals surface area contributed by atoms with Gasteiger partial charge in [-0.05, 0) is 25.7 Å². The van der Waals surface area contributed by atoms with Crippen LogP contribution in [0.2, 0.25) is 6.04 Å². The predicted molar refractivity (Wildman–Crippen MR) is 292 cm³/mol. The van der Waals surface area contributed by atoms with Crippen LogP contribution in [0.15, 0.2) is 0 Å². The molecule has 0 saturated carbocycles. The average molecular weight is 1130 g/mol. The molecule has 0 amide bonds. The van der Waals surface area contributed by atoms with Crippen LogP contribution in [0, 0.1) is 0 Å². The van der Waals surface area contributed by atoms with Crippen molar-refractivity contribution < 1.29 is 72.0 Å². The standard InChI is InChI=1S/C50H108N4O15S3Si/c1-4-6-8-10-12-14-15-16-17-18-19-20-21-23-25-27-39-54(3,38-26-24-22-13-11-9-7-5-2)40-28-50-73(67-44-32-51(29-41-55)35-47-70(58,59)60,68-45-33-52(30-42-56)36-48-71(61,62)63)69-46-34-53(31-43-57)37-49-72(64,65)66/h55-57H,4-50H2,1-3H3,(H2-,58,59,60,61,62,63,64,65,66)/p-1. The van der Waals surface area contributed by atoms with E-state index in [2.05, 4.69) is 20.9 Å². The van der Waals surface area contributed by atoms with E-state index >= 15 is 0 Å². The molecule has 4 N–H and O–H groups in total. The molecule has 0 aromatic heterocycles. The van der Waals surface area contributed by atoms with Crippen molar-refractivity contribution in [2.75, 3.05) is 142 Å². The lowest BCUT2D eigenvalue weighted by atomic mass is 10.0. The van der Waals surface area contributed by atoms with Gasteiger partial charge in [0.25, 0.3) is 10.1 Å². The monoisotopic (exact) mass is 1130 g/mol. The number of aliphatic hydroxyl groups excluding tert-OH is 3. The normalized spacial score (nSPS) is 13.8. The highest BCUT2D eigenvalue weighted by Crippen LogP contribution is 2.23. The smallest absolute Gasteiger partial charge is 0.501 e. The molecule has 1 atom stereocenters. The summed E-state index contributed by atoms with van der Waals surface area (Å²) in [7, 11) is -14.9. The van der Waals surface area contributed by atoms with E-state index in [4.69, 9.17) is 13.3 Å². The molecule has 0 aliphatic heterocycles. The summed E-state index contributed by atoms with van der Waals surface area (Å²) < 4.78 is 123. The molecule has 0 heterocycles. The lowest BCUT2D eigenvalue weighted by Crippen LogP contribution is -2.52. The molecule has 0 rings (SSSR count). The Bertz CT molecular complexity index is 1480. The number of quaternary nitrogens is 1. The van der Waals surface area contributed by atoms with E-state index in [1.54, 1.807) is 14.7 Å². The predicted octanol–water partition coefficient (Wildman–Crippen LogP) is 6.08. The van der Waals surface area contributed by atoms with E-state index in [1.165, 1.54) is 128 Å². The lowest BCUT2D eigenvalue weighted by molar-refractivity contribution is -0.910. The fourth-order valence-corrected chi connectivity index (χ4v) is 13.1. The third-order valence-electron chi connectivity index (χ3n) is 13.7. The van der Waals surface area contributed by atoms with Gasteiger partial charge >= 0.3 is 8.80 Å². The van der Waals surface area contributed by atoms with Gasteiger partial charge < -0.3 is 42.2 Å². The van der Waals surface area contributed by atoms with E-state index in [0.29, 0.717) is 12.5 Å². The van der Waals surface area contributed by atoms with Crippen LogP contribution in [0.3, 0.4) is 0 Å². The molecule has 0 bridgehead atoms. The number of nitrogens with zero attached hydrogens (tertiary/aromatic N) is 4. The van der Waals surface area contributed by atoms with Crippen LogP contribution < -0.4 is 0 Å². The van der Waals surface area contributed by atoms with Crippen LogP contribution in [-0.4, -0.2) is 225 Å². The summed E-state index contributed by atoms with van der Waals surface area (Å²) in [5.74, 6) is -1.89. The Morgan fingerprint density at radius 3 is 0.959 bits per heavy atom. The van der Waals surface area contributed by atoms with Gasteiger partial charge in [0.1, 0.15) is 0 Å². The van der Waals surface area contributed by atoms with Crippen LogP contribution >= 0.6 is 0 Å². The van der Waals surface area contributed by atoms with Crippen molar-refractivity contribution in [1.82, 2.24) is 14.7 Å². The molecule has 0 aromatic carbocycles. The Balaban J connectivity index is 6.32. The van der Waals surface area contributed by atoms with E-state index in [9.17, 15) is 54.2 Å². The van der Waals surface area contributed by atoms with Crippen molar-refractivity contribution in [3.8, 4) is 0 Å². The second-order valence-corrected chi connectivity index (χ2v) is 27.8. The highest BCUT2D eigenvalue weighted by atomic mass is 32.2. The largest absolute Gasteiger partial charge is 0.748 e. The Morgan fingerprint density at radius 2 is 0.685 bits per heavy atom. The Kier molecular flexibility index (Phi) is 45.1.